The van der Waals surface area contributed by atoms with Crippen molar-refractivity contribution in [3.05, 3.63) is 0 Å². The van der Waals surface area contributed by atoms with Gasteiger partial charge in [-0.3, -0.25) is 0 Å². The van der Waals surface area contributed by atoms with Crippen LogP contribution in [-0.2, 0) is 4.12 Å². The summed E-state index contributed by atoms with van der Waals surface area (Å²) in [7, 11) is 5.04. The molecule has 0 aromatic rings. The molecular weight excluding hydrogens is 134 g/mol. The van der Waals surface area contributed by atoms with E-state index in [9.17, 15) is 0 Å². The van der Waals surface area contributed by atoms with Gasteiger partial charge in [-0.25, -0.2) is 0 Å². The molecule has 0 radical (unpaired) electrons. The minimum Gasteiger partial charge on any atom is -0.468 e. The summed E-state index contributed by atoms with van der Waals surface area (Å²) in [5.41, 5.74) is 0. The van der Waals surface area contributed by atoms with Gasteiger partial charge < -0.3 is 9.02 Å². The molecule has 0 aliphatic rings. The van der Waals surface area contributed by atoms with Gasteiger partial charge in [0.15, 0.2) is 0 Å². The molecule has 0 heterocycles. The van der Waals surface area contributed by atoms with Crippen LogP contribution in [0.1, 0.15) is 0 Å². The second-order valence-corrected chi connectivity index (χ2v) is 5.57. The van der Waals surface area contributed by atoms with Crippen LogP contribution in [0, 0.1) is 0 Å². The van der Waals surface area contributed by atoms with Gasteiger partial charge in [-0.2, -0.15) is 0 Å². The fraction of sp³-hybridized carbons (Fsp3) is 1.00. The molecule has 0 atom stereocenters. The minimum absolute atomic E-state index is 0.101. The zero-order chi connectivity index (χ0) is 6.41. The smallest absolute Gasteiger partial charge is 0.146 e. The SMILES string of the molecule is CN(C)CC[SiH2]O[SiH3]. The van der Waals surface area contributed by atoms with Gasteiger partial charge in [0, 0.05) is 0 Å². The van der Waals surface area contributed by atoms with Crippen molar-refractivity contribution in [2.45, 2.75) is 6.04 Å². The lowest BCUT2D eigenvalue weighted by molar-refractivity contribution is 0.428. The summed E-state index contributed by atoms with van der Waals surface area (Å²) in [5.74, 6) is 0. The molecule has 0 spiro atoms. The molecule has 50 valence electrons. The van der Waals surface area contributed by atoms with Gasteiger partial charge in [-0.15, -0.1) is 0 Å². The maximum absolute atomic E-state index is 5.14. The average Bonchev–Trinajstić information content (AvgIpc) is 1.66. The van der Waals surface area contributed by atoms with Crippen molar-refractivity contribution >= 4 is 20.2 Å². The number of rotatable bonds is 4. The molecule has 0 bridgehead atoms. The van der Waals surface area contributed by atoms with Crippen LogP contribution in [0.3, 0.4) is 0 Å². The van der Waals surface area contributed by atoms with Gasteiger partial charge in [0.1, 0.15) is 20.2 Å². The van der Waals surface area contributed by atoms with Crippen LogP contribution in [0.2, 0.25) is 6.04 Å². The van der Waals surface area contributed by atoms with E-state index < -0.39 is 0 Å². The maximum Gasteiger partial charge on any atom is 0.146 e. The molecule has 0 aliphatic heterocycles. The minimum atomic E-state index is -0.101. The molecule has 0 aromatic heterocycles. The van der Waals surface area contributed by atoms with Crippen molar-refractivity contribution in [1.29, 1.82) is 0 Å². The third-order valence-corrected chi connectivity index (χ3v) is 3.19. The predicted octanol–water partition coefficient (Wildman–Crippen LogP) is -1.65. The van der Waals surface area contributed by atoms with Crippen molar-refractivity contribution in [2.24, 2.45) is 0 Å². The first kappa shape index (κ1) is 8.35. The van der Waals surface area contributed by atoms with E-state index in [0.29, 0.717) is 0 Å². The average molecular weight is 149 g/mol. The largest absolute Gasteiger partial charge is 0.468 e. The van der Waals surface area contributed by atoms with Crippen LogP contribution in [-0.4, -0.2) is 45.8 Å². The molecule has 0 fully saturated rings. The van der Waals surface area contributed by atoms with E-state index in [2.05, 4.69) is 19.0 Å². The summed E-state index contributed by atoms with van der Waals surface area (Å²) in [5, 5.41) is 0. The molecule has 0 rings (SSSR count). The Morgan fingerprint density at radius 1 is 1.62 bits per heavy atom. The molecular formula is C4H15NOSi2. The van der Waals surface area contributed by atoms with Crippen LogP contribution < -0.4 is 0 Å². The number of nitrogens with zero attached hydrogens (tertiary/aromatic N) is 1. The second-order valence-electron chi connectivity index (χ2n) is 2.15. The van der Waals surface area contributed by atoms with Crippen molar-refractivity contribution in [1.82, 2.24) is 4.90 Å². The molecule has 0 amide bonds. The highest BCUT2D eigenvalue weighted by molar-refractivity contribution is 6.34. The lowest BCUT2D eigenvalue weighted by atomic mass is 10.7. The Kier molecular flexibility index (Phi) is 5.73. The van der Waals surface area contributed by atoms with Crippen LogP contribution >= 0.6 is 0 Å². The second kappa shape index (κ2) is 5.49. The van der Waals surface area contributed by atoms with Gasteiger partial charge in [-0.1, -0.05) is 0 Å². The summed E-state index contributed by atoms with van der Waals surface area (Å²) in [6.07, 6.45) is 0. The number of hydrogen-bond donors (Lipinski definition) is 0. The van der Waals surface area contributed by atoms with E-state index in [1.54, 1.807) is 0 Å². The summed E-state index contributed by atoms with van der Waals surface area (Å²) >= 11 is 0. The van der Waals surface area contributed by atoms with Gasteiger partial charge in [-0.05, 0) is 26.7 Å². The topological polar surface area (TPSA) is 12.5 Å². The van der Waals surface area contributed by atoms with Crippen LogP contribution in [0.4, 0.5) is 0 Å². The predicted molar refractivity (Wildman–Crippen MR) is 42.9 cm³/mol. The molecule has 8 heavy (non-hydrogen) atoms. The summed E-state index contributed by atoms with van der Waals surface area (Å²) in [6, 6.07) is 1.30. The lowest BCUT2D eigenvalue weighted by Crippen LogP contribution is -2.14. The number of hydrogen-bond acceptors (Lipinski definition) is 2. The van der Waals surface area contributed by atoms with Crippen LogP contribution in [0.5, 0.6) is 0 Å². The molecule has 0 saturated carbocycles. The molecule has 0 aromatic carbocycles. The Morgan fingerprint density at radius 3 is 2.62 bits per heavy atom. The van der Waals surface area contributed by atoms with Crippen molar-refractivity contribution < 1.29 is 4.12 Å². The van der Waals surface area contributed by atoms with Gasteiger partial charge in [0.2, 0.25) is 0 Å². The standard InChI is InChI=1S/C4H15NOSi2/c1-5(2)3-4-8-6-7/h3-4,8H2,1-2,7H3. The lowest BCUT2D eigenvalue weighted by Gasteiger charge is -2.06. The van der Waals surface area contributed by atoms with Crippen molar-refractivity contribution in [3.8, 4) is 0 Å². The van der Waals surface area contributed by atoms with Gasteiger partial charge >= 0.3 is 0 Å². The van der Waals surface area contributed by atoms with E-state index >= 15 is 0 Å². The fourth-order valence-corrected chi connectivity index (χ4v) is 2.44. The molecule has 0 saturated heterocycles. The van der Waals surface area contributed by atoms with E-state index in [1.807, 2.05) is 0 Å². The summed E-state index contributed by atoms with van der Waals surface area (Å²) in [4.78, 5) is 2.20. The monoisotopic (exact) mass is 149 g/mol. The van der Waals surface area contributed by atoms with E-state index in [-0.39, 0.29) is 9.76 Å². The van der Waals surface area contributed by atoms with Crippen LogP contribution in [0.25, 0.3) is 0 Å². The first-order chi connectivity index (χ1) is 3.77. The summed E-state index contributed by atoms with van der Waals surface area (Å²) < 4.78 is 5.14. The Morgan fingerprint density at radius 2 is 2.25 bits per heavy atom. The summed E-state index contributed by atoms with van der Waals surface area (Å²) in [6.45, 7) is 1.20. The Labute approximate surface area is 56.7 Å². The quantitative estimate of drug-likeness (QED) is 0.351. The molecule has 2 nitrogen and oxygen atoms in total. The zero-order valence-corrected chi connectivity index (χ0v) is 9.39. The van der Waals surface area contributed by atoms with Crippen molar-refractivity contribution in [2.75, 3.05) is 20.6 Å². The van der Waals surface area contributed by atoms with E-state index in [1.165, 1.54) is 12.6 Å². The Hall–Kier alpha value is 0.354. The zero-order valence-electron chi connectivity index (χ0n) is 5.98. The highest BCUT2D eigenvalue weighted by Gasteiger charge is 1.87. The first-order valence-electron chi connectivity index (χ1n) is 2.91. The van der Waals surface area contributed by atoms with Crippen molar-refractivity contribution in [3.63, 3.8) is 0 Å². The molecule has 4 heteroatoms. The van der Waals surface area contributed by atoms with Crippen LogP contribution in [0.15, 0.2) is 0 Å². The third kappa shape index (κ3) is 6.35. The maximum atomic E-state index is 5.14. The molecule has 0 aliphatic carbocycles. The van der Waals surface area contributed by atoms with E-state index in [4.69, 9.17) is 4.12 Å². The molecule has 0 N–H and O–H groups in total. The fourth-order valence-electron chi connectivity index (χ4n) is 0.525. The van der Waals surface area contributed by atoms with E-state index in [0.717, 1.165) is 10.5 Å². The highest BCUT2D eigenvalue weighted by Crippen LogP contribution is 1.80. The Bertz CT molecular complexity index is 51.3. The van der Waals surface area contributed by atoms with Gasteiger partial charge in [0.05, 0.1) is 0 Å². The first-order valence-corrected chi connectivity index (χ1v) is 5.30. The highest BCUT2D eigenvalue weighted by atomic mass is 28.3. The third-order valence-electron chi connectivity index (χ3n) is 0.954. The van der Waals surface area contributed by atoms with Gasteiger partial charge in [0.25, 0.3) is 0 Å². The normalized spacial score (nSPS) is 12.4. The Balaban J connectivity index is 2.72. The molecule has 0 unspecified atom stereocenters.